The minimum absolute atomic E-state index is 0.148. The highest BCUT2D eigenvalue weighted by atomic mass is 16.5. The van der Waals surface area contributed by atoms with E-state index >= 15 is 0 Å². The second-order valence-electron chi connectivity index (χ2n) is 5.18. The molecule has 120 valence electrons. The van der Waals surface area contributed by atoms with Gasteiger partial charge in [-0.2, -0.15) is 0 Å². The minimum atomic E-state index is -0.148. The van der Waals surface area contributed by atoms with E-state index in [1.54, 1.807) is 19.2 Å². The van der Waals surface area contributed by atoms with Crippen molar-refractivity contribution in [2.45, 2.75) is 12.8 Å². The van der Waals surface area contributed by atoms with Gasteiger partial charge >= 0.3 is 0 Å². The number of ether oxygens (including phenoxy) is 1. The number of nitrogens with one attached hydrogen (secondary N) is 1. The van der Waals surface area contributed by atoms with Crippen LogP contribution in [0.5, 0.6) is 5.75 Å². The summed E-state index contributed by atoms with van der Waals surface area (Å²) in [6.45, 7) is 0.618. The van der Waals surface area contributed by atoms with Crippen LogP contribution in [0, 0.1) is 0 Å². The summed E-state index contributed by atoms with van der Waals surface area (Å²) in [7, 11) is 1.59. The summed E-state index contributed by atoms with van der Waals surface area (Å²) in [5.74, 6) is 0.528. The summed E-state index contributed by atoms with van der Waals surface area (Å²) in [6, 6.07) is 15.8. The standard InChI is InChI=1S/C19H22N2O2/c1-21-19(22)12-10-16-9-11-18(17(20)14-16)23-13-5-8-15-6-3-2-4-7-15/h2-4,6-7,9-12,14H,5,8,13,20H2,1H3,(H,21,22)/b12-10-. The highest BCUT2D eigenvalue weighted by Gasteiger charge is 2.01. The van der Waals surface area contributed by atoms with E-state index in [0.717, 1.165) is 18.4 Å². The van der Waals surface area contributed by atoms with Gasteiger partial charge in [0.05, 0.1) is 12.3 Å². The van der Waals surface area contributed by atoms with E-state index in [9.17, 15) is 4.79 Å². The van der Waals surface area contributed by atoms with Crippen LogP contribution in [0.2, 0.25) is 0 Å². The van der Waals surface area contributed by atoms with Gasteiger partial charge in [-0.3, -0.25) is 4.79 Å². The molecule has 0 atom stereocenters. The number of carbonyl (C=O) groups excluding carboxylic acids is 1. The quantitative estimate of drug-likeness (QED) is 0.469. The largest absolute Gasteiger partial charge is 0.491 e. The number of carbonyl (C=O) groups is 1. The van der Waals surface area contributed by atoms with Gasteiger partial charge in [-0.1, -0.05) is 36.4 Å². The van der Waals surface area contributed by atoms with Crippen LogP contribution in [0.1, 0.15) is 17.5 Å². The van der Waals surface area contributed by atoms with Crippen LogP contribution in [-0.4, -0.2) is 19.6 Å². The van der Waals surface area contributed by atoms with Crippen LogP contribution in [0.4, 0.5) is 5.69 Å². The molecule has 0 aromatic heterocycles. The van der Waals surface area contributed by atoms with Crippen LogP contribution in [0.3, 0.4) is 0 Å². The van der Waals surface area contributed by atoms with Crippen molar-refractivity contribution in [1.82, 2.24) is 5.32 Å². The third kappa shape index (κ3) is 5.51. The normalized spacial score (nSPS) is 10.7. The molecule has 4 nitrogen and oxygen atoms in total. The number of benzene rings is 2. The molecule has 2 aromatic rings. The smallest absolute Gasteiger partial charge is 0.243 e. The van der Waals surface area contributed by atoms with Crippen molar-refractivity contribution in [3.8, 4) is 5.75 Å². The molecule has 0 aliphatic rings. The van der Waals surface area contributed by atoms with Crippen LogP contribution in [-0.2, 0) is 11.2 Å². The number of amides is 1. The molecule has 0 unspecified atom stereocenters. The van der Waals surface area contributed by atoms with Crippen molar-refractivity contribution < 1.29 is 9.53 Å². The molecule has 4 heteroatoms. The molecule has 0 aliphatic carbocycles. The molecule has 2 aromatic carbocycles. The maximum absolute atomic E-state index is 11.2. The van der Waals surface area contributed by atoms with Crippen molar-refractivity contribution in [3.05, 3.63) is 65.7 Å². The Labute approximate surface area is 137 Å². The zero-order chi connectivity index (χ0) is 16.5. The van der Waals surface area contributed by atoms with Gasteiger partial charge in [-0.15, -0.1) is 0 Å². The fourth-order valence-electron chi connectivity index (χ4n) is 2.16. The van der Waals surface area contributed by atoms with E-state index < -0.39 is 0 Å². The summed E-state index contributed by atoms with van der Waals surface area (Å²) in [4.78, 5) is 11.2. The topological polar surface area (TPSA) is 64.3 Å². The molecule has 3 N–H and O–H groups in total. The van der Waals surface area contributed by atoms with Crippen molar-refractivity contribution in [1.29, 1.82) is 0 Å². The molecule has 0 bridgehead atoms. The average molecular weight is 310 g/mol. The van der Waals surface area contributed by atoms with Gasteiger partial charge in [0.15, 0.2) is 0 Å². The van der Waals surface area contributed by atoms with E-state index in [0.29, 0.717) is 18.0 Å². The van der Waals surface area contributed by atoms with Crippen molar-refractivity contribution in [2.75, 3.05) is 19.4 Å². The lowest BCUT2D eigenvalue weighted by Crippen LogP contribution is -2.13. The summed E-state index contributed by atoms with van der Waals surface area (Å²) in [6.07, 6.45) is 5.10. The molecule has 0 saturated heterocycles. The third-order valence-corrected chi connectivity index (χ3v) is 3.42. The third-order valence-electron chi connectivity index (χ3n) is 3.42. The molecular weight excluding hydrogens is 288 g/mol. The average Bonchev–Trinajstić information content (AvgIpc) is 2.58. The summed E-state index contributed by atoms with van der Waals surface area (Å²) in [5, 5.41) is 2.53. The van der Waals surface area contributed by atoms with Crippen molar-refractivity contribution >= 4 is 17.7 Å². The fourth-order valence-corrected chi connectivity index (χ4v) is 2.16. The fraction of sp³-hybridized carbons (Fsp3) is 0.211. The molecule has 0 saturated carbocycles. The number of nitrogens with two attached hydrogens (primary N) is 1. The molecular formula is C19H22N2O2. The number of nitrogen functional groups attached to an aromatic ring is 1. The van der Waals surface area contributed by atoms with Gasteiger partial charge < -0.3 is 15.8 Å². The Morgan fingerprint density at radius 2 is 2.00 bits per heavy atom. The van der Waals surface area contributed by atoms with E-state index in [4.69, 9.17) is 10.5 Å². The Kier molecular flexibility index (Phi) is 6.24. The lowest BCUT2D eigenvalue weighted by atomic mass is 10.1. The lowest BCUT2D eigenvalue weighted by Gasteiger charge is -2.09. The Morgan fingerprint density at radius 1 is 1.22 bits per heavy atom. The highest BCUT2D eigenvalue weighted by Crippen LogP contribution is 2.23. The van der Waals surface area contributed by atoms with Gasteiger partial charge in [0.2, 0.25) is 5.91 Å². The number of hydrogen-bond acceptors (Lipinski definition) is 3. The molecule has 2 rings (SSSR count). The van der Waals surface area contributed by atoms with Crippen LogP contribution < -0.4 is 15.8 Å². The van der Waals surface area contributed by atoms with Gasteiger partial charge in [0.1, 0.15) is 5.75 Å². The van der Waals surface area contributed by atoms with E-state index in [-0.39, 0.29) is 5.91 Å². The molecule has 0 heterocycles. The first kappa shape index (κ1) is 16.6. The van der Waals surface area contributed by atoms with Crippen LogP contribution in [0.25, 0.3) is 6.08 Å². The monoisotopic (exact) mass is 310 g/mol. The maximum atomic E-state index is 11.2. The first-order chi connectivity index (χ1) is 11.2. The van der Waals surface area contributed by atoms with Gasteiger partial charge in [-0.05, 0) is 42.2 Å². The molecule has 1 amide bonds. The Bertz CT molecular complexity index is 666. The summed E-state index contributed by atoms with van der Waals surface area (Å²) < 4.78 is 5.73. The predicted molar refractivity (Wildman–Crippen MR) is 94.2 cm³/mol. The zero-order valence-corrected chi connectivity index (χ0v) is 13.3. The Morgan fingerprint density at radius 3 is 2.70 bits per heavy atom. The van der Waals surface area contributed by atoms with Crippen LogP contribution in [0.15, 0.2) is 54.6 Å². The molecule has 0 radical (unpaired) electrons. The maximum Gasteiger partial charge on any atom is 0.243 e. The van der Waals surface area contributed by atoms with Gasteiger partial charge in [-0.25, -0.2) is 0 Å². The van der Waals surface area contributed by atoms with Gasteiger partial charge in [0.25, 0.3) is 0 Å². The summed E-state index contributed by atoms with van der Waals surface area (Å²) >= 11 is 0. The second kappa shape index (κ2) is 8.63. The van der Waals surface area contributed by atoms with Crippen molar-refractivity contribution in [2.24, 2.45) is 0 Å². The molecule has 0 aliphatic heterocycles. The minimum Gasteiger partial charge on any atom is -0.491 e. The van der Waals surface area contributed by atoms with E-state index in [1.807, 2.05) is 30.3 Å². The first-order valence-corrected chi connectivity index (χ1v) is 7.65. The molecule has 0 fully saturated rings. The van der Waals surface area contributed by atoms with Gasteiger partial charge in [0, 0.05) is 13.1 Å². The highest BCUT2D eigenvalue weighted by molar-refractivity contribution is 5.91. The van der Waals surface area contributed by atoms with Crippen molar-refractivity contribution in [3.63, 3.8) is 0 Å². The number of likely N-dealkylation sites (N-methyl/N-ethyl adjacent to an activating group) is 1. The van der Waals surface area contributed by atoms with E-state index in [2.05, 4.69) is 17.4 Å². The number of rotatable bonds is 7. The second-order valence-corrected chi connectivity index (χ2v) is 5.18. The first-order valence-electron chi connectivity index (χ1n) is 7.65. The Balaban J connectivity index is 1.84. The Hall–Kier alpha value is -2.75. The number of hydrogen-bond donors (Lipinski definition) is 2. The number of aryl methyl sites for hydroxylation is 1. The SMILES string of the molecule is CNC(=O)/C=C\c1ccc(OCCCc2ccccc2)c(N)c1. The molecule has 23 heavy (non-hydrogen) atoms. The molecule has 0 spiro atoms. The number of anilines is 1. The van der Waals surface area contributed by atoms with E-state index in [1.165, 1.54) is 11.6 Å². The predicted octanol–water partition coefficient (Wildman–Crippen LogP) is 3.04. The lowest BCUT2D eigenvalue weighted by molar-refractivity contribution is -0.115. The van der Waals surface area contributed by atoms with Crippen LogP contribution >= 0.6 is 0 Å². The zero-order valence-electron chi connectivity index (χ0n) is 13.3. The summed E-state index contributed by atoms with van der Waals surface area (Å²) in [5.41, 5.74) is 8.74.